The Hall–Kier alpha value is -3.33. The zero-order chi connectivity index (χ0) is 21.4. The smallest absolute Gasteiger partial charge is 0.180 e. The Balaban J connectivity index is 1.41. The molecule has 0 saturated heterocycles. The van der Waals surface area contributed by atoms with Crippen molar-refractivity contribution in [2.45, 2.75) is 4.90 Å². The van der Waals surface area contributed by atoms with Gasteiger partial charge in [0.2, 0.25) is 0 Å². The van der Waals surface area contributed by atoms with Crippen LogP contribution in [0.3, 0.4) is 0 Å². The molecule has 0 fully saturated rings. The van der Waals surface area contributed by atoms with Crippen LogP contribution in [0.1, 0.15) is 0 Å². The summed E-state index contributed by atoms with van der Waals surface area (Å²) in [5.74, 6) is 0. The molecule has 1 unspecified atom stereocenters. The molecule has 9 heteroatoms. The van der Waals surface area contributed by atoms with Crippen LogP contribution in [0.15, 0.2) is 84.4 Å². The van der Waals surface area contributed by atoms with Crippen molar-refractivity contribution in [2.75, 3.05) is 4.72 Å². The summed E-state index contributed by atoms with van der Waals surface area (Å²) in [5.41, 5.74) is 5.43. The molecular formula is C22H17ClN6OS. The lowest BCUT2D eigenvalue weighted by atomic mass is 10.1. The highest BCUT2D eigenvalue weighted by molar-refractivity contribution is 7.92. The summed E-state index contributed by atoms with van der Waals surface area (Å²) in [4.78, 5) is 5.14. The zero-order valence-electron chi connectivity index (χ0n) is 16.4. The number of aromatic nitrogens is 5. The van der Waals surface area contributed by atoms with Gasteiger partial charge in [0.15, 0.2) is 4.90 Å². The molecule has 0 aliphatic rings. The molecule has 0 spiro atoms. The van der Waals surface area contributed by atoms with E-state index >= 15 is 0 Å². The van der Waals surface area contributed by atoms with Gasteiger partial charge >= 0.3 is 0 Å². The molecule has 154 valence electrons. The number of fused-ring (bicyclic) bond motifs is 1. The number of nitrogens with zero attached hydrogens (tertiary/aromatic N) is 5. The Kier molecular flexibility index (Phi) is 5.11. The zero-order valence-corrected chi connectivity index (χ0v) is 18.0. The van der Waals surface area contributed by atoms with E-state index in [2.05, 4.69) is 19.9 Å². The van der Waals surface area contributed by atoms with Crippen LogP contribution < -0.4 is 4.72 Å². The summed E-state index contributed by atoms with van der Waals surface area (Å²) in [6, 6.07) is 16.6. The van der Waals surface area contributed by atoms with Gasteiger partial charge in [0.1, 0.15) is 17.7 Å². The predicted molar refractivity (Wildman–Crippen MR) is 122 cm³/mol. The SMILES string of the molecule is Cn1cc(-c2cc3c(-c4ccc(N[S+]([O-])c5ccc(Cl)cc5)cc4)ncnn3c2)cn1. The molecule has 3 aromatic heterocycles. The van der Waals surface area contributed by atoms with Crippen LogP contribution in [0.2, 0.25) is 5.02 Å². The minimum atomic E-state index is -1.38. The molecule has 0 amide bonds. The van der Waals surface area contributed by atoms with Gasteiger partial charge in [-0.05, 0) is 42.5 Å². The largest absolute Gasteiger partial charge is 0.588 e. The lowest BCUT2D eigenvalue weighted by molar-refractivity contribution is 0.600. The van der Waals surface area contributed by atoms with Crippen LogP contribution in [-0.4, -0.2) is 28.9 Å². The van der Waals surface area contributed by atoms with Crippen molar-refractivity contribution in [3.8, 4) is 22.4 Å². The Morgan fingerprint density at radius 3 is 2.42 bits per heavy atom. The Morgan fingerprint density at radius 1 is 0.935 bits per heavy atom. The van der Waals surface area contributed by atoms with Gasteiger partial charge in [0.25, 0.3) is 0 Å². The van der Waals surface area contributed by atoms with E-state index in [-0.39, 0.29) is 0 Å². The molecule has 1 N–H and O–H groups in total. The van der Waals surface area contributed by atoms with E-state index in [0.29, 0.717) is 9.92 Å². The maximum Gasteiger partial charge on any atom is 0.180 e. The van der Waals surface area contributed by atoms with E-state index in [4.69, 9.17) is 11.6 Å². The number of rotatable bonds is 5. The average molecular weight is 449 g/mol. The maximum absolute atomic E-state index is 12.5. The van der Waals surface area contributed by atoms with Gasteiger partial charge in [-0.25, -0.2) is 14.2 Å². The Morgan fingerprint density at radius 2 is 1.71 bits per heavy atom. The van der Waals surface area contributed by atoms with Crippen molar-refractivity contribution in [2.24, 2.45) is 7.05 Å². The quantitative estimate of drug-likeness (QED) is 0.398. The van der Waals surface area contributed by atoms with Gasteiger partial charge in [-0.15, -0.1) is 0 Å². The van der Waals surface area contributed by atoms with Gasteiger partial charge in [-0.1, -0.05) is 23.7 Å². The average Bonchev–Trinajstić information content (AvgIpc) is 3.40. The van der Waals surface area contributed by atoms with Gasteiger partial charge in [-0.2, -0.15) is 10.2 Å². The molecule has 31 heavy (non-hydrogen) atoms. The van der Waals surface area contributed by atoms with E-state index < -0.39 is 11.4 Å². The second-order valence-electron chi connectivity index (χ2n) is 6.97. The summed E-state index contributed by atoms with van der Waals surface area (Å²) in [7, 11) is 1.89. The van der Waals surface area contributed by atoms with Crippen LogP contribution >= 0.6 is 11.6 Å². The van der Waals surface area contributed by atoms with Crippen molar-refractivity contribution >= 4 is 34.2 Å². The van der Waals surface area contributed by atoms with E-state index in [9.17, 15) is 4.55 Å². The summed E-state index contributed by atoms with van der Waals surface area (Å²) in [6.45, 7) is 0. The summed E-state index contributed by atoms with van der Waals surface area (Å²) < 4.78 is 19.1. The van der Waals surface area contributed by atoms with Gasteiger partial charge < -0.3 is 4.55 Å². The molecule has 5 rings (SSSR count). The predicted octanol–water partition coefficient (Wildman–Crippen LogP) is 4.58. The Bertz CT molecular complexity index is 1350. The second kappa shape index (κ2) is 8.07. The molecule has 0 aliphatic heterocycles. The van der Waals surface area contributed by atoms with Crippen LogP contribution in [0, 0.1) is 0 Å². The number of aryl methyl sites for hydroxylation is 1. The van der Waals surface area contributed by atoms with Crippen LogP contribution in [0.25, 0.3) is 27.9 Å². The normalized spacial score (nSPS) is 12.2. The number of halogens is 1. The molecule has 5 aromatic rings. The van der Waals surface area contributed by atoms with Crippen molar-refractivity contribution in [1.82, 2.24) is 24.4 Å². The molecule has 0 radical (unpaired) electrons. The highest BCUT2D eigenvalue weighted by atomic mass is 35.5. The monoisotopic (exact) mass is 448 g/mol. The lowest BCUT2D eigenvalue weighted by Gasteiger charge is -2.12. The first-order chi connectivity index (χ1) is 15.1. The molecule has 7 nitrogen and oxygen atoms in total. The molecule has 0 bridgehead atoms. The second-order valence-corrected chi connectivity index (χ2v) is 8.62. The van der Waals surface area contributed by atoms with Crippen molar-refractivity contribution in [3.05, 3.63) is 84.5 Å². The number of hydrogen-bond donors (Lipinski definition) is 1. The summed E-state index contributed by atoms with van der Waals surface area (Å²) in [6.07, 6.45) is 7.28. The van der Waals surface area contributed by atoms with Crippen molar-refractivity contribution in [3.63, 3.8) is 0 Å². The summed E-state index contributed by atoms with van der Waals surface area (Å²) >= 11 is 4.52. The van der Waals surface area contributed by atoms with E-state index in [0.717, 1.165) is 33.6 Å². The van der Waals surface area contributed by atoms with E-state index in [1.807, 2.05) is 60.5 Å². The fourth-order valence-electron chi connectivity index (χ4n) is 3.30. The fraction of sp³-hybridized carbons (Fsp3) is 0.0455. The fourth-order valence-corrected chi connectivity index (χ4v) is 4.28. The Labute approximate surface area is 186 Å². The lowest BCUT2D eigenvalue weighted by Crippen LogP contribution is -2.12. The third kappa shape index (κ3) is 4.00. The van der Waals surface area contributed by atoms with Crippen LogP contribution in [-0.2, 0) is 18.4 Å². The topological polar surface area (TPSA) is 83.1 Å². The van der Waals surface area contributed by atoms with Gasteiger partial charge in [0.05, 0.1) is 23.1 Å². The minimum Gasteiger partial charge on any atom is -0.588 e. The minimum absolute atomic E-state index is 0.610. The highest BCUT2D eigenvalue weighted by Gasteiger charge is 2.14. The third-order valence-electron chi connectivity index (χ3n) is 4.84. The van der Waals surface area contributed by atoms with Gasteiger partial charge in [0, 0.05) is 41.2 Å². The molecule has 1 atom stereocenters. The van der Waals surface area contributed by atoms with Crippen LogP contribution in [0.4, 0.5) is 5.69 Å². The maximum atomic E-state index is 12.5. The first kappa shape index (κ1) is 19.6. The molecular weight excluding hydrogens is 432 g/mol. The highest BCUT2D eigenvalue weighted by Crippen LogP contribution is 2.29. The van der Waals surface area contributed by atoms with E-state index in [1.54, 1.807) is 28.9 Å². The number of anilines is 1. The van der Waals surface area contributed by atoms with Crippen LogP contribution in [0.5, 0.6) is 0 Å². The van der Waals surface area contributed by atoms with E-state index in [1.165, 1.54) is 6.33 Å². The molecule has 0 aliphatic carbocycles. The number of benzene rings is 2. The molecule has 0 saturated carbocycles. The summed E-state index contributed by atoms with van der Waals surface area (Å²) in [5, 5.41) is 9.18. The third-order valence-corrected chi connectivity index (χ3v) is 6.21. The van der Waals surface area contributed by atoms with Crippen molar-refractivity contribution in [1.29, 1.82) is 0 Å². The first-order valence-electron chi connectivity index (χ1n) is 9.44. The number of hydrogen-bond acceptors (Lipinski definition) is 5. The van der Waals surface area contributed by atoms with Crippen molar-refractivity contribution < 1.29 is 4.55 Å². The molecule has 2 aromatic carbocycles. The van der Waals surface area contributed by atoms with Gasteiger partial charge in [-0.3, -0.25) is 4.68 Å². The standard InChI is InChI=1S/C22H17ClN6OS/c1-28-12-17(11-25-28)16-10-21-22(24-14-26-29(21)13-16)15-2-6-19(7-3-15)27-31(30)20-8-4-18(23)5-9-20/h2-14,27H,1H3. The first-order valence-corrected chi connectivity index (χ1v) is 11.0. The number of nitrogens with one attached hydrogen (secondary N) is 1. The molecule has 3 heterocycles.